The number of rotatable bonds is 3. The lowest BCUT2D eigenvalue weighted by Gasteiger charge is -2.54. The third-order valence-corrected chi connectivity index (χ3v) is 9.22. The second-order valence-electron chi connectivity index (χ2n) is 11.4. The first-order valence-electron chi connectivity index (χ1n) is 12.6. The van der Waals surface area contributed by atoms with Crippen LogP contribution in [-0.2, 0) is 0 Å². The number of hydrogen-bond acceptors (Lipinski definition) is 2. The molecule has 30 heavy (non-hydrogen) atoms. The van der Waals surface area contributed by atoms with Crippen molar-refractivity contribution in [3.05, 3.63) is 35.5 Å². The maximum Gasteiger partial charge on any atom is 0.0599 e. The third kappa shape index (κ3) is 4.37. The summed E-state index contributed by atoms with van der Waals surface area (Å²) in [5.41, 5.74) is 3.45. The highest BCUT2D eigenvalue weighted by molar-refractivity contribution is 5.38. The molecule has 2 nitrogen and oxygen atoms in total. The molecular weight excluding hydrogens is 368 g/mol. The van der Waals surface area contributed by atoms with Crippen LogP contribution in [0.5, 0.6) is 0 Å². The summed E-state index contributed by atoms with van der Waals surface area (Å²) in [4.78, 5) is 0. The first-order valence-corrected chi connectivity index (χ1v) is 12.6. The van der Waals surface area contributed by atoms with E-state index in [2.05, 4.69) is 65.8 Å². The van der Waals surface area contributed by atoms with Crippen molar-refractivity contribution in [2.45, 2.75) is 105 Å². The van der Waals surface area contributed by atoms with Crippen LogP contribution in [0.2, 0.25) is 0 Å². The third-order valence-electron chi connectivity index (χ3n) is 9.22. The van der Waals surface area contributed by atoms with Crippen LogP contribution < -0.4 is 0 Å². The zero-order valence-electron chi connectivity index (χ0n) is 20.3. The molecule has 2 heteroatoms. The molecule has 2 N–H and O–H groups in total. The van der Waals surface area contributed by atoms with E-state index in [1.807, 2.05) is 0 Å². The van der Waals surface area contributed by atoms with Gasteiger partial charge in [0.25, 0.3) is 0 Å². The van der Waals surface area contributed by atoms with E-state index in [9.17, 15) is 10.2 Å². The summed E-state index contributed by atoms with van der Waals surface area (Å²) in [6, 6.07) is 0. The van der Waals surface area contributed by atoms with E-state index >= 15 is 0 Å². The molecule has 0 spiro atoms. The predicted octanol–water partition coefficient (Wildman–Crippen LogP) is 6.84. The molecule has 4 aliphatic carbocycles. The topological polar surface area (TPSA) is 40.5 Å². The van der Waals surface area contributed by atoms with E-state index in [1.54, 1.807) is 5.57 Å². The van der Waals surface area contributed by atoms with Gasteiger partial charge >= 0.3 is 0 Å². The molecule has 4 rings (SSSR count). The second kappa shape index (κ2) is 9.33. The lowest BCUT2D eigenvalue weighted by molar-refractivity contribution is 0.00143. The summed E-state index contributed by atoms with van der Waals surface area (Å²) >= 11 is 0. The molecule has 7 unspecified atom stereocenters. The summed E-state index contributed by atoms with van der Waals surface area (Å²) in [5.74, 6) is 2.75. The van der Waals surface area contributed by atoms with Gasteiger partial charge in [-0.15, -0.1) is 0 Å². The molecule has 0 aromatic rings. The van der Waals surface area contributed by atoms with Gasteiger partial charge in [-0.25, -0.2) is 0 Å². The van der Waals surface area contributed by atoms with Crippen LogP contribution in [0.25, 0.3) is 0 Å². The van der Waals surface area contributed by atoms with E-state index in [1.165, 1.54) is 12.0 Å². The van der Waals surface area contributed by atoms with Crippen LogP contribution in [0.4, 0.5) is 0 Å². The summed E-state index contributed by atoms with van der Waals surface area (Å²) < 4.78 is 0. The maximum atomic E-state index is 10.4. The molecule has 170 valence electrons. The van der Waals surface area contributed by atoms with Gasteiger partial charge in [0.05, 0.1) is 12.2 Å². The van der Waals surface area contributed by atoms with Gasteiger partial charge < -0.3 is 10.2 Å². The Morgan fingerprint density at radius 1 is 1.00 bits per heavy atom. The molecule has 0 aliphatic heterocycles. The quantitative estimate of drug-likeness (QED) is 0.497. The van der Waals surface area contributed by atoms with Crippen LogP contribution >= 0.6 is 0 Å². The van der Waals surface area contributed by atoms with Crippen LogP contribution in [0.15, 0.2) is 35.5 Å². The Bertz CT molecular complexity index is 687. The molecule has 0 aromatic carbocycles. The minimum Gasteiger partial charge on any atom is -0.393 e. The minimum absolute atomic E-state index is 0.109. The fraction of sp³-hybridized carbons (Fsp3) is 0.786. The van der Waals surface area contributed by atoms with Gasteiger partial charge in [0, 0.05) is 5.41 Å². The smallest absolute Gasteiger partial charge is 0.0599 e. The molecule has 3 saturated carbocycles. The van der Waals surface area contributed by atoms with Gasteiger partial charge in [0.2, 0.25) is 0 Å². The van der Waals surface area contributed by atoms with Crippen LogP contribution in [0.3, 0.4) is 0 Å². The van der Waals surface area contributed by atoms with Gasteiger partial charge in [-0.2, -0.15) is 0 Å². The molecule has 0 bridgehead atoms. The van der Waals surface area contributed by atoms with E-state index in [-0.39, 0.29) is 23.0 Å². The number of aliphatic hydroxyl groups excluding tert-OH is 2. The fourth-order valence-corrected chi connectivity index (χ4v) is 6.53. The van der Waals surface area contributed by atoms with Crippen molar-refractivity contribution in [3.63, 3.8) is 0 Å². The number of aliphatic hydroxyl groups is 2. The van der Waals surface area contributed by atoms with Gasteiger partial charge in [-0.3, -0.25) is 0 Å². The Hall–Kier alpha value is -0.860. The molecule has 4 aliphatic rings. The first-order chi connectivity index (χ1) is 14.1. The molecule has 0 radical (unpaired) electrons. The number of hydrogen-bond donors (Lipinski definition) is 2. The summed E-state index contributed by atoms with van der Waals surface area (Å²) in [6.07, 6.45) is 17.5. The Balaban J connectivity index is 0.000000244. The summed E-state index contributed by atoms with van der Waals surface area (Å²) in [6.45, 7) is 13.7. The Morgan fingerprint density at radius 2 is 1.73 bits per heavy atom. The van der Waals surface area contributed by atoms with E-state index in [0.717, 1.165) is 56.8 Å². The van der Waals surface area contributed by atoms with Crippen LogP contribution in [-0.4, -0.2) is 22.4 Å². The highest BCUT2D eigenvalue weighted by atomic mass is 16.3. The van der Waals surface area contributed by atoms with Gasteiger partial charge in [-0.1, -0.05) is 77.0 Å². The van der Waals surface area contributed by atoms with Crippen molar-refractivity contribution in [2.24, 2.45) is 34.5 Å². The minimum atomic E-state index is -0.138. The molecule has 0 amide bonds. The van der Waals surface area contributed by atoms with Crippen molar-refractivity contribution in [1.29, 1.82) is 0 Å². The number of fused-ring (bicyclic) bond motifs is 5. The van der Waals surface area contributed by atoms with Crippen molar-refractivity contribution < 1.29 is 10.2 Å². The van der Waals surface area contributed by atoms with Crippen LogP contribution in [0.1, 0.15) is 92.9 Å². The molecule has 0 saturated heterocycles. The Kier molecular flexibility index (Phi) is 7.40. The Morgan fingerprint density at radius 3 is 2.40 bits per heavy atom. The second-order valence-corrected chi connectivity index (χ2v) is 11.4. The molecule has 7 atom stereocenters. The molecular formula is C28H46O2. The average molecular weight is 415 g/mol. The summed E-state index contributed by atoms with van der Waals surface area (Å²) in [7, 11) is 0. The first kappa shape index (κ1) is 23.8. The largest absolute Gasteiger partial charge is 0.393 e. The van der Waals surface area contributed by atoms with E-state index in [4.69, 9.17) is 0 Å². The molecule has 0 aromatic heterocycles. The van der Waals surface area contributed by atoms with Gasteiger partial charge in [0.15, 0.2) is 0 Å². The van der Waals surface area contributed by atoms with Crippen molar-refractivity contribution in [2.75, 3.05) is 0 Å². The summed E-state index contributed by atoms with van der Waals surface area (Å²) in [5, 5.41) is 20.4. The standard InChI is InChI=1S/C19H28O2.C9H18/c1-18-9-7-13(20)11-12(18)3-4-14-15-5-6-17(21)19(15,2)10-8-16(14)18;1-5-6-7-9(4)8(2)3/h3-4,13,15-17,20-21H,5-11H2,1-2H3;6-9H,5H2,1-4H3/b;7-6+. The molecule has 0 heterocycles. The lowest BCUT2D eigenvalue weighted by Crippen LogP contribution is -2.46. The van der Waals surface area contributed by atoms with Crippen molar-refractivity contribution in [3.8, 4) is 0 Å². The van der Waals surface area contributed by atoms with Crippen molar-refractivity contribution >= 4 is 0 Å². The normalized spacial score (nSPS) is 41.2. The SMILES string of the molecule is CC/C=C/C(C)C(C)C.CC12CCC(O)CC1=CC=C1C2CCC2(C)C(O)CCC12. The van der Waals surface area contributed by atoms with Gasteiger partial charge in [0.1, 0.15) is 0 Å². The zero-order valence-corrected chi connectivity index (χ0v) is 20.3. The maximum absolute atomic E-state index is 10.4. The van der Waals surface area contributed by atoms with Crippen LogP contribution in [0, 0.1) is 34.5 Å². The fourth-order valence-electron chi connectivity index (χ4n) is 6.53. The number of allylic oxidation sites excluding steroid dienone is 5. The van der Waals surface area contributed by atoms with Gasteiger partial charge in [-0.05, 0) is 80.5 Å². The highest BCUT2D eigenvalue weighted by Gasteiger charge is 2.55. The monoisotopic (exact) mass is 414 g/mol. The zero-order chi connectivity index (χ0) is 22.1. The van der Waals surface area contributed by atoms with Crippen molar-refractivity contribution in [1.82, 2.24) is 0 Å². The predicted molar refractivity (Wildman–Crippen MR) is 127 cm³/mol. The highest BCUT2D eigenvalue weighted by Crippen LogP contribution is 2.63. The van der Waals surface area contributed by atoms with E-state index in [0.29, 0.717) is 11.8 Å². The molecule has 3 fully saturated rings. The van der Waals surface area contributed by atoms with E-state index < -0.39 is 0 Å². The lowest BCUT2D eigenvalue weighted by atomic mass is 9.51. The Labute approximate surface area is 185 Å². The average Bonchev–Trinajstić information content (AvgIpc) is 3.02.